The van der Waals surface area contributed by atoms with Crippen LogP contribution < -0.4 is 10.5 Å². The van der Waals surface area contributed by atoms with E-state index < -0.39 is 0 Å². The first-order valence-corrected chi connectivity index (χ1v) is 6.99. The number of thiocarbonyl (C=S) groups is 1. The Labute approximate surface area is 125 Å². The van der Waals surface area contributed by atoms with Crippen LogP contribution in [0.3, 0.4) is 0 Å². The molecule has 0 aliphatic rings. The van der Waals surface area contributed by atoms with Crippen molar-refractivity contribution in [1.29, 1.82) is 0 Å². The molecule has 2 aromatic rings. The summed E-state index contributed by atoms with van der Waals surface area (Å²) < 4.78 is 8.38. The standard InChI is InChI=1S/C13H14BrN3OS/c1-8(2)17-7-10(6-16-17)18-9-3-4-11(13(15)19)12(14)5-9/h3-8H,1-2H3,(H2,15,19). The average molecular weight is 340 g/mol. The first kappa shape index (κ1) is 14.0. The van der Waals surface area contributed by atoms with E-state index in [0.717, 1.165) is 10.0 Å². The predicted octanol–water partition coefficient (Wildman–Crippen LogP) is 3.65. The number of hydrogen-bond acceptors (Lipinski definition) is 3. The zero-order valence-corrected chi connectivity index (χ0v) is 13.0. The molecule has 0 aliphatic carbocycles. The first-order valence-electron chi connectivity index (χ1n) is 5.78. The topological polar surface area (TPSA) is 53.1 Å². The van der Waals surface area contributed by atoms with Gasteiger partial charge in [0.2, 0.25) is 0 Å². The van der Waals surface area contributed by atoms with Gasteiger partial charge in [-0.05, 0) is 48.0 Å². The van der Waals surface area contributed by atoms with E-state index in [-0.39, 0.29) is 0 Å². The first-order chi connectivity index (χ1) is 8.97. The third-order valence-electron chi connectivity index (χ3n) is 2.55. The van der Waals surface area contributed by atoms with Crippen LogP contribution in [0.1, 0.15) is 25.5 Å². The van der Waals surface area contributed by atoms with Gasteiger partial charge in [0.1, 0.15) is 10.7 Å². The molecule has 1 aromatic carbocycles. The lowest BCUT2D eigenvalue weighted by molar-refractivity contribution is 0.477. The summed E-state index contributed by atoms with van der Waals surface area (Å²) in [4.78, 5) is 0.353. The second kappa shape index (κ2) is 5.71. The summed E-state index contributed by atoms with van der Waals surface area (Å²) in [6, 6.07) is 5.79. The van der Waals surface area contributed by atoms with Crippen molar-refractivity contribution in [2.45, 2.75) is 19.9 Å². The molecule has 0 atom stereocenters. The molecule has 100 valence electrons. The van der Waals surface area contributed by atoms with Gasteiger partial charge in [-0.15, -0.1) is 0 Å². The molecule has 6 heteroatoms. The second-order valence-corrected chi connectivity index (χ2v) is 5.65. The van der Waals surface area contributed by atoms with Crippen LogP contribution in [-0.2, 0) is 0 Å². The van der Waals surface area contributed by atoms with Crippen molar-refractivity contribution in [3.63, 3.8) is 0 Å². The van der Waals surface area contributed by atoms with E-state index in [1.54, 1.807) is 6.20 Å². The summed E-state index contributed by atoms with van der Waals surface area (Å²) in [5, 5.41) is 4.22. The van der Waals surface area contributed by atoms with Gasteiger partial charge < -0.3 is 10.5 Å². The van der Waals surface area contributed by atoms with Crippen molar-refractivity contribution in [1.82, 2.24) is 9.78 Å². The minimum atomic E-state index is 0.307. The molecule has 0 bridgehead atoms. The Morgan fingerprint density at radius 1 is 1.42 bits per heavy atom. The Hall–Kier alpha value is -1.40. The summed E-state index contributed by atoms with van der Waals surface area (Å²) in [6.07, 6.45) is 3.55. The maximum atomic E-state index is 5.73. The van der Waals surface area contributed by atoms with Crippen molar-refractivity contribution in [3.05, 3.63) is 40.6 Å². The van der Waals surface area contributed by atoms with E-state index in [1.807, 2.05) is 29.1 Å². The number of benzene rings is 1. The SMILES string of the molecule is CC(C)n1cc(Oc2ccc(C(N)=S)c(Br)c2)cn1. The number of nitrogens with zero attached hydrogens (tertiary/aromatic N) is 2. The van der Waals surface area contributed by atoms with Crippen LogP contribution in [0.15, 0.2) is 35.1 Å². The minimum Gasteiger partial charge on any atom is -0.454 e. The van der Waals surface area contributed by atoms with Gasteiger partial charge in [0.15, 0.2) is 5.75 Å². The largest absolute Gasteiger partial charge is 0.454 e. The third-order valence-corrected chi connectivity index (χ3v) is 3.42. The molecule has 0 spiro atoms. The number of nitrogens with two attached hydrogens (primary N) is 1. The quantitative estimate of drug-likeness (QED) is 0.863. The molecular formula is C13H14BrN3OS. The number of ether oxygens (including phenoxy) is 1. The highest BCUT2D eigenvalue weighted by molar-refractivity contribution is 9.10. The lowest BCUT2D eigenvalue weighted by atomic mass is 10.2. The van der Waals surface area contributed by atoms with E-state index in [2.05, 4.69) is 34.9 Å². The third kappa shape index (κ3) is 3.33. The van der Waals surface area contributed by atoms with Gasteiger partial charge >= 0.3 is 0 Å². The molecule has 0 saturated carbocycles. The van der Waals surface area contributed by atoms with Crippen molar-refractivity contribution < 1.29 is 4.74 Å². The molecule has 0 amide bonds. The predicted molar refractivity (Wildman–Crippen MR) is 82.7 cm³/mol. The number of aromatic nitrogens is 2. The molecule has 1 heterocycles. The van der Waals surface area contributed by atoms with Crippen LogP contribution in [0.4, 0.5) is 0 Å². The Kier molecular flexibility index (Phi) is 4.21. The fourth-order valence-electron chi connectivity index (χ4n) is 1.55. The maximum absolute atomic E-state index is 5.73. The van der Waals surface area contributed by atoms with Gasteiger partial charge in [0.05, 0.1) is 12.4 Å². The van der Waals surface area contributed by atoms with E-state index in [4.69, 9.17) is 22.7 Å². The summed E-state index contributed by atoms with van der Waals surface area (Å²) >= 11 is 8.37. The fraction of sp³-hybridized carbons (Fsp3) is 0.231. The zero-order chi connectivity index (χ0) is 14.0. The van der Waals surface area contributed by atoms with Crippen LogP contribution in [0.2, 0.25) is 0 Å². The second-order valence-electron chi connectivity index (χ2n) is 4.36. The smallest absolute Gasteiger partial charge is 0.165 e. The molecule has 0 unspecified atom stereocenters. The van der Waals surface area contributed by atoms with Gasteiger partial charge in [-0.25, -0.2) is 0 Å². The van der Waals surface area contributed by atoms with Crippen LogP contribution in [0, 0.1) is 0 Å². The molecule has 2 N–H and O–H groups in total. The minimum absolute atomic E-state index is 0.307. The normalized spacial score (nSPS) is 10.7. The van der Waals surface area contributed by atoms with Crippen molar-refractivity contribution in [2.24, 2.45) is 5.73 Å². The molecule has 0 fully saturated rings. The summed E-state index contributed by atoms with van der Waals surface area (Å²) in [5.41, 5.74) is 6.39. The molecule has 4 nitrogen and oxygen atoms in total. The van der Waals surface area contributed by atoms with Crippen molar-refractivity contribution in [3.8, 4) is 11.5 Å². The van der Waals surface area contributed by atoms with E-state index in [1.165, 1.54) is 0 Å². The Morgan fingerprint density at radius 2 is 2.16 bits per heavy atom. The number of hydrogen-bond donors (Lipinski definition) is 1. The van der Waals surface area contributed by atoms with Crippen molar-refractivity contribution >= 4 is 33.1 Å². The van der Waals surface area contributed by atoms with E-state index >= 15 is 0 Å². The molecule has 0 radical (unpaired) electrons. The number of halogens is 1. The Bertz CT molecular complexity index is 610. The molecule has 2 rings (SSSR count). The fourth-order valence-corrected chi connectivity index (χ4v) is 2.43. The highest BCUT2D eigenvalue weighted by Crippen LogP contribution is 2.27. The van der Waals surface area contributed by atoms with Crippen LogP contribution in [-0.4, -0.2) is 14.8 Å². The van der Waals surface area contributed by atoms with E-state index in [0.29, 0.717) is 22.5 Å². The molecule has 0 saturated heterocycles. The van der Waals surface area contributed by atoms with Crippen LogP contribution in [0.5, 0.6) is 11.5 Å². The maximum Gasteiger partial charge on any atom is 0.165 e. The Morgan fingerprint density at radius 3 is 2.68 bits per heavy atom. The highest BCUT2D eigenvalue weighted by Gasteiger charge is 2.07. The summed E-state index contributed by atoms with van der Waals surface area (Å²) in [5.74, 6) is 1.40. The lowest BCUT2D eigenvalue weighted by Gasteiger charge is -2.07. The average Bonchev–Trinajstić information content (AvgIpc) is 2.77. The van der Waals surface area contributed by atoms with Gasteiger partial charge in [-0.3, -0.25) is 4.68 Å². The molecular weight excluding hydrogens is 326 g/mol. The van der Waals surface area contributed by atoms with Gasteiger partial charge in [-0.1, -0.05) is 12.2 Å². The van der Waals surface area contributed by atoms with Gasteiger partial charge in [-0.2, -0.15) is 5.10 Å². The summed E-state index contributed by atoms with van der Waals surface area (Å²) in [7, 11) is 0. The van der Waals surface area contributed by atoms with Crippen LogP contribution >= 0.6 is 28.1 Å². The Balaban J connectivity index is 2.19. The zero-order valence-electron chi connectivity index (χ0n) is 10.6. The molecule has 1 aromatic heterocycles. The summed E-state index contributed by atoms with van der Waals surface area (Å²) in [6.45, 7) is 4.12. The van der Waals surface area contributed by atoms with Crippen molar-refractivity contribution in [2.75, 3.05) is 0 Å². The number of rotatable bonds is 4. The van der Waals surface area contributed by atoms with Gasteiger partial charge in [0.25, 0.3) is 0 Å². The van der Waals surface area contributed by atoms with Crippen LogP contribution in [0.25, 0.3) is 0 Å². The molecule has 0 aliphatic heterocycles. The highest BCUT2D eigenvalue weighted by atomic mass is 79.9. The van der Waals surface area contributed by atoms with E-state index in [9.17, 15) is 0 Å². The molecule has 19 heavy (non-hydrogen) atoms. The monoisotopic (exact) mass is 339 g/mol. The van der Waals surface area contributed by atoms with Gasteiger partial charge in [0, 0.05) is 16.1 Å². The lowest BCUT2D eigenvalue weighted by Crippen LogP contribution is -2.09.